The second kappa shape index (κ2) is 7.59. The summed E-state index contributed by atoms with van der Waals surface area (Å²) in [5.74, 6) is 9.61. The first-order valence-electron chi connectivity index (χ1n) is 8.87. The van der Waals surface area contributed by atoms with Crippen LogP contribution in [0.2, 0.25) is 0 Å². The van der Waals surface area contributed by atoms with Crippen LogP contribution < -0.4 is 22.5 Å². The highest BCUT2D eigenvalue weighted by Gasteiger charge is 2.20. The Balaban J connectivity index is 1.71. The number of ether oxygens (including phenoxy) is 1. The van der Waals surface area contributed by atoms with Crippen molar-refractivity contribution in [2.75, 3.05) is 10.9 Å². The smallest absolute Gasteiger partial charge is 0.346 e. The summed E-state index contributed by atoms with van der Waals surface area (Å²) in [6.45, 7) is 0. The lowest BCUT2D eigenvalue weighted by Crippen LogP contribution is -2.15. The minimum atomic E-state index is -0.736. The molecule has 7 nitrogen and oxygen atoms in total. The van der Waals surface area contributed by atoms with Gasteiger partial charge in [-0.2, -0.15) is 0 Å². The van der Waals surface area contributed by atoms with Crippen molar-refractivity contribution in [2.24, 2.45) is 11.7 Å². The normalized spacial score (nSPS) is 10.7. The topological polar surface area (TPSA) is 119 Å². The van der Waals surface area contributed by atoms with Crippen molar-refractivity contribution in [3.63, 3.8) is 0 Å². The molecule has 0 unspecified atom stereocenters. The summed E-state index contributed by atoms with van der Waals surface area (Å²) in [6, 6.07) is 21.0. The number of carbonyl (C=O) groups excluding carboxylic acids is 2. The van der Waals surface area contributed by atoms with E-state index < -0.39 is 11.9 Å². The molecule has 0 aliphatic carbocycles. The van der Waals surface area contributed by atoms with Crippen molar-refractivity contribution in [1.82, 2.24) is 0 Å². The number of carbonyl (C=O) groups is 2. The number of esters is 2. The number of nitrogen functional groups attached to an aromatic ring is 2. The third kappa shape index (κ3) is 3.25. The summed E-state index contributed by atoms with van der Waals surface area (Å²) in [5, 5.41) is 2.77. The minimum absolute atomic E-state index is 0.275. The van der Waals surface area contributed by atoms with E-state index >= 15 is 0 Å². The van der Waals surface area contributed by atoms with E-state index in [1.54, 1.807) is 48.5 Å². The molecular formula is C22H18N4O3. The molecule has 4 aromatic carbocycles. The number of rotatable bonds is 4. The van der Waals surface area contributed by atoms with Gasteiger partial charge in [-0.1, -0.05) is 48.5 Å². The number of nitrogens with one attached hydrogen (secondary N) is 2. The fourth-order valence-electron chi connectivity index (χ4n) is 3.40. The molecule has 0 radical (unpaired) electrons. The average Bonchev–Trinajstić information content (AvgIpc) is 2.77. The minimum Gasteiger partial charge on any atom is -0.386 e. The van der Waals surface area contributed by atoms with Gasteiger partial charge in [-0.05, 0) is 35.0 Å². The van der Waals surface area contributed by atoms with E-state index in [0.717, 1.165) is 10.8 Å². The molecule has 4 aromatic rings. The fraction of sp³-hybridized carbons (Fsp3) is 0. The Hall–Kier alpha value is -3.94. The SMILES string of the molecule is NNc1ccc(C(=O)OC(=O)c2ccc(NN)c3ccccc23)c2ccccc12. The van der Waals surface area contributed by atoms with Gasteiger partial charge in [-0.25, -0.2) is 9.59 Å². The highest BCUT2D eigenvalue weighted by atomic mass is 16.6. The van der Waals surface area contributed by atoms with Crippen molar-refractivity contribution in [1.29, 1.82) is 0 Å². The van der Waals surface area contributed by atoms with Gasteiger partial charge in [0, 0.05) is 10.8 Å². The fourth-order valence-corrected chi connectivity index (χ4v) is 3.40. The molecular weight excluding hydrogens is 368 g/mol. The van der Waals surface area contributed by atoms with Gasteiger partial charge in [0.1, 0.15) is 0 Å². The Bertz CT molecular complexity index is 1160. The highest BCUT2D eigenvalue weighted by molar-refractivity contribution is 6.15. The Kier molecular flexibility index (Phi) is 4.82. The van der Waals surface area contributed by atoms with Gasteiger partial charge in [0.05, 0.1) is 22.5 Å². The van der Waals surface area contributed by atoms with Crippen LogP contribution in [0.3, 0.4) is 0 Å². The molecule has 144 valence electrons. The van der Waals surface area contributed by atoms with Gasteiger partial charge in [0.25, 0.3) is 0 Å². The molecule has 0 fully saturated rings. The molecule has 0 saturated carbocycles. The summed E-state index contributed by atoms with van der Waals surface area (Å²) in [6.07, 6.45) is 0. The quantitative estimate of drug-likeness (QED) is 0.183. The summed E-state index contributed by atoms with van der Waals surface area (Å²) in [5.41, 5.74) is 7.08. The lowest BCUT2D eigenvalue weighted by molar-refractivity contribution is 0.0400. The van der Waals surface area contributed by atoms with Crippen LogP contribution in [-0.4, -0.2) is 11.9 Å². The predicted molar refractivity (Wildman–Crippen MR) is 113 cm³/mol. The molecule has 0 bridgehead atoms. The van der Waals surface area contributed by atoms with Crippen molar-refractivity contribution in [2.45, 2.75) is 0 Å². The maximum Gasteiger partial charge on any atom is 0.346 e. The molecule has 0 saturated heterocycles. The number of hydrazine groups is 2. The number of hydrogen-bond acceptors (Lipinski definition) is 7. The first-order chi connectivity index (χ1) is 14.1. The molecule has 0 heterocycles. The zero-order valence-corrected chi connectivity index (χ0v) is 15.3. The van der Waals surface area contributed by atoms with E-state index in [2.05, 4.69) is 10.9 Å². The second-order valence-electron chi connectivity index (χ2n) is 6.38. The van der Waals surface area contributed by atoms with Crippen LogP contribution in [0.4, 0.5) is 11.4 Å². The van der Waals surface area contributed by atoms with Crippen LogP contribution in [0.1, 0.15) is 20.7 Å². The average molecular weight is 386 g/mol. The zero-order chi connectivity index (χ0) is 20.4. The van der Waals surface area contributed by atoms with E-state index in [-0.39, 0.29) is 11.1 Å². The zero-order valence-electron chi connectivity index (χ0n) is 15.3. The van der Waals surface area contributed by atoms with Gasteiger partial charge in [0.2, 0.25) is 0 Å². The standard InChI is InChI=1S/C22H18N4O3/c23-25-19-11-9-17(13-5-1-3-7-15(13)19)21(27)29-22(28)18-10-12-20(26-24)16-8-4-2-6-14(16)18/h1-12,25-26H,23-24H2. The van der Waals surface area contributed by atoms with Crippen LogP contribution in [0, 0.1) is 0 Å². The van der Waals surface area contributed by atoms with E-state index in [4.69, 9.17) is 16.4 Å². The highest BCUT2D eigenvalue weighted by Crippen LogP contribution is 2.29. The number of benzene rings is 4. The third-order valence-electron chi connectivity index (χ3n) is 4.78. The van der Waals surface area contributed by atoms with Crippen molar-refractivity contribution in [3.8, 4) is 0 Å². The second-order valence-corrected chi connectivity index (χ2v) is 6.38. The van der Waals surface area contributed by atoms with Gasteiger partial charge in [0.15, 0.2) is 0 Å². The third-order valence-corrected chi connectivity index (χ3v) is 4.78. The van der Waals surface area contributed by atoms with Gasteiger partial charge in [-0.15, -0.1) is 0 Å². The largest absolute Gasteiger partial charge is 0.386 e. The summed E-state index contributed by atoms with van der Waals surface area (Å²) >= 11 is 0. The van der Waals surface area contributed by atoms with E-state index in [9.17, 15) is 9.59 Å². The molecule has 0 aliphatic rings. The van der Waals surface area contributed by atoms with Gasteiger partial charge in [-0.3, -0.25) is 11.7 Å². The first-order valence-corrected chi connectivity index (χ1v) is 8.87. The lowest BCUT2D eigenvalue weighted by Gasteiger charge is -2.12. The van der Waals surface area contributed by atoms with E-state index in [0.29, 0.717) is 22.1 Å². The molecule has 29 heavy (non-hydrogen) atoms. The van der Waals surface area contributed by atoms with Gasteiger partial charge < -0.3 is 15.6 Å². The van der Waals surface area contributed by atoms with Gasteiger partial charge >= 0.3 is 11.9 Å². The summed E-state index contributed by atoms with van der Waals surface area (Å²) in [7, 11) is 0. The molecule has 0 amide bonds. The molecule has 0 spiro atoms. The number of nitrogens with two attached hydrogens (primary N) is 2. The maximum absolute atomic E-state index is 12.8. The summed E-state index contributed by atoms with van der Waals surface area (Å²) in [4.78, 5) is 25.5. The Morgan fingerprint density at radius 3 is 1.34 bits per heavy atom. The predicted octanol–water partition coefficient (Wildman–Crippen LogP) is 3.56. The van der Waals surface area contributed by atoms with Crippen molar-refractivity contribution < 1.29 is 14.3 Å². The summed E-state index contributed by atoms with van der Waals surface area (Å²) < 4.78 is 5.20. The maximum atomic E-state index is 12.8. The monoisotopic (exact) mass is 386 g/mol. The molecule has 6 N–H and O–H groups in total. The van der Waals surface area contributed by atoms with Crippen LogP contribution >= 0.6 is 0 Å². The van der Waals surface area contributed by atoms with Crippen LogP contribution in [0.5, 0.6) is 0 Å². The number of anilines is 2. The van der Waals surface area contributed by atoms with Crippen molar-refractivity contribution >= 4 is 44.9 Å². The molecule has 4 rings (SSSR count). The van der Waals surface area contributed by atoms with E-state index in [1.165, 1.54) is 0 Å². The van der Waals surface area contributed by atoms with E-state index in [1.807, 2.05) is 24.3 Å². The van der Waals surface area contributed by atoms with Crippen LogP contribution in [0.25, 0.3) is 21.5 Å². The van der Waals surface area contributed by atoms with Crippen LogP contribution in [-0.2, 0) is 4.74 Å². The Labute approximate surface area is 166 Å². The number of fused-ring (bicyclic) bond motifs is 2. The molecule has 0 aromatic heterocycles. The number of hydrogen-bond donors (Lipinski definition) is 4. The molecule has 0 atom stereocenters. The van der Waals surface area contributed by atoms with Crippen LogP contribution in [0.15, 0.2) is 72.8 Å². The Morgan fingerprint density at radius 2 is 0.966 bits per heavy atom. The van der Waals surface area contributed by atoms with Crippen molar-refractivity contribution in [3.05, 3.63) is 83.9 Å². The lowest BCUT2D eigenvalue weighted by atomic mass is 10.0. The molecule has 7 heteroatoms. The first kappa shape index (κ1) is 18.4. The molecule has 0 aliphatic heterocycles. The Morgan fingerprint density at radius 1 is 0.586 bits per heavy atom.